The van der Waals surface area contributed by atoms with Crippen LogP contribution in [0.3, 0.4) is 0 Å². The lowest BCUT2D eigenvalue weighted by atomic mass is 10.1. The van der Waals surface area contributed by atoms with E-state index in [9.17, 15) is 19.6 Å². The number of ether oxygens (including phenoxy) is 1. The van der Waals surface area contributed by atoms with Crippen molar-refractivity contribution in [2.45, 2.75) is 13.0 Å². The van der Waals surface area contributed by atoms with Crippen molar-refractivity contribution in [3.8, 4) is 17.0 Å². The van der Waals surface area contributed by atoms with Crippen molar-refractivity contribution in [2.75, 3.05) is 19.0 Å². The molecule has 0 spiro atoms. The number of nitro groups is 1. The Hall–Kier alpha value is -4.05. The Balaban J connectivity index is 1.73. The first-order valence-corrected chi connectivity index (χ1v) is 9.83. The largest absolute Gasteiger partial charge is 0.494 e. The van der Waals surface area contributed by atoms with Crippen molar-refractivity contribution in [3.05, 3.63) is 70.8 Å². The number of nitro benzene ring substituents is 1. The summed E-state index contributed by atoms with van der Waals surface area (Å²) in [6.45, 7) is 0.749. The van der Waals surface area contributed by atoms with Crippen LogP contribution in [-0.4, -0.2) is 38.3 Å². The SMILES string of the molecule is COc1cc(F)c([N+](=O)[O-])cc1Nc1nccc(-c2cn(CCCO)c3ccccc23)n1. The number of aliphatic hydroxyl groups is 1. The number of rotatable bonds is 8. The highest BCUT2D eigenvalue weighted by Crippen LogP contribution is 2.34. The molecule has 0 unspecified atom stereocenters. The van der Waals surface area contributed by atoms with Crippen LogP contribution >= 0.6 is 0 Å². The minimum Gasteiger partial charge on any atom is -0.494 e. The number of hydrogen-bond donors (Lipinski definition) is 2. The molecule has 2 aromatic heterocycles. The molecule has 2 N–H and O–H groups in total. The topological polar surface area (TPSA) is 115 Å². The molecule has 0 atom stereocenters. The summed E-state index contributed by atoms with van der Waals surface area (Å²) in [6.07, 6.45) is 4.16. The Kier molecular flexibility index (Phi) is 5.95. The number of benzene rings is 2. The molecule has 0 aliphatic carbocycles. The first kappa shape index (κ1) is 21.2. The average molecular weight is 437 g/mol. The van der Waals surface area contributed by atoms with E-state index in [2.05, 4.69) is 19.9 Å². The molecule has 2 aromatic carbocycles. The predicted molar refractivity (Wildman–Crippen MR) is 118 cm³/mol. The zero-order valence-corrected chi connectivity index (χ0v) is 17.2. The summed E-state index contributed by atoms with van der Waals surface area (Å²) in [5.41, 5.74) is 2.01. The molecule has 4 aromatic rings. The van der Waals surface area contributed by atoms with E-state index in [0.29, 0.717) is 18.7 Å². The smallest absolute Gasteiger partial charge is 0.307 e. The van der Waals surface area contributed by atoms with Crippen molar-refractivity contribution in [2.24, 2.45) is 0 Å². The van der Waals surface area contributed by atoms with Crippen molar-refractivity contribution in [1.82, 2.24) is 14.5 Å². The van der Waals surface area contributed by atoms with Crippen LogP contribution in [0.4, 0.5) is 21.7 Å². The lowest BCUT2D eigenvalue weighted by Gasteiger charge is -2.11. The van der Waals surface area contributed by atoms with Crippen LogP contribution in [0.2, 0.25) is 0 Å². The van der Waals surface area contributed by atoms with E-state index in [1.54, 1.807) is 12.3 Å². The first-order chi connectivity index (χ1) is 15.5. The Labute approximate surface area is 182 Å². The molecule has 2 heterocycles. The van der Waals surface area contributed by atoms with Crippen molar-refractivity contribution in [1.29, 1.82) is 0 Å². The Morgan fingerprint density at radius 1 is 1.28 bits per heavy atom. The molecule has 0 amide bonds. The van der Waals surface area contributed by atoms with Gasteiger partial charge < -0.3 is 19.7 Å². The van der Waals surface area contributed by atoms with Crippen LogP contribution < -0.4 is 10.1 Å². The van der Waals surface area contributed by atoms with Gasteiger partial charge in [0.25, 0.3) is 0 Å². The summed E-state index contributed by atoms with van der Waals surface area (Å²) in [5.74, 6) is -0.737. The molecule has 0 saturated heterocycles. The highest BCUT2D eigenvalue weighted by Gasteiger charge is 2.20. The van der Waals surface area contributed by atoms with Gasteiger partial charge in [-0.25, -0.2) is 9.97 Å². The molecule has 164 valence electrons. The molecule has 32 heavy (non-hydrogen) atoms. The summed E-state index contributed by atoms with van der Waals surface area (Å²) in [6, 6.07) is 11.6. The lowest BCUT2D eigenvalue weighted by molar-refractivity contribution is -0.387. The van der Waals surface area contributed by atoms with Gasteiger partial charge >= 0.3 is 5.69 Å². The average Bonchev–Trinajstić information content (AvgIpc) is 3.17. The summed E-state index contributed by atoms with van der Waals surface area (Å²) in [4.78, 5) is 19.0. The second-order valence-corrected chi connectivity index (χ2v) is 6.98. The molecular weight excluding hydrogens is 417 g/mol. The number of aromatic nitrogens is 3. The number of halogens is 1. The standard InChI is InChI=1S/C22H20FN5O4/c1-32-21-11-16(23)20(28(30)31)12-18(21)26-22-24-8-7-17(25-22)15-13-27(9-4-10-29)19-6-3-2-5-14(15)19/h2-3,5-8,11-13,29H,4,9-10H2,1H3,(H,24,25,26). The quantitative estimate of drug-likeness (QED) is 0.312. The Morgan fingerprint density at radius 2 is 2.09 bits per heavy atom. The first-order valence-electron chi connectivity index (χ1n) is 9.83. The van der Waals surface area contributed by atoms with E-state index >= 15 is 0 Å². The monoisotopic (exact) mass is 437 g/mol. The Bertz CT molecular complexity index is 1290. The predicted octanol–water partition coefficient (Wildman–Crippen LogP) is 4.28. The summed E-state index contributed by atoms with van der Waals surface area (Å²) >= 11 is 0. The molecule has 0 saturated carbocycles. The molecule has 4 rings (SSSR count). The number of methoxy groups -OCH3 is 1. The van der Waals surface area contributed by atoms with E-state index in [4.69, 9.17) is 4.74 Å². The normalized spacial score (nSPS) is 11.0. The molecule has 0 fully saturated rings. The maximum absolute atomic E-state index is 13.9. The van der Waals surface area contributed by atoms with E-state index < -0.39 is 16.4 Å². The highest BCUT2D eigenvalue weighted by atomic mass is 19.1. The second kappa shape index (κ2) is 8.98. The van der Waals surface area contributed by atoms with Crippen LogP contribution in [0.15, 0.2) is 54.9 Å². The van der Waals surface area contributed by atoms with Crippen molar-refractivity contribution in [3.63, 3.8) is 0 Å². The maximum atomic E-state index is 13.9. The molecule has 0 aliphatic rings. The lowest BCUT2D eigenvalue weighted by Crippen LogP contribution is -2.02. The van der Waals surface area contributed by atoms with Gasteiger partial charge in [-0.3, -0.25) is 10.1 Å². The van der Waals surface area contributed by atoms with Crippen LogP contribution in [0.1, 0.15) is 6.42 Å². The van der Waals surface area contributed by atoms with Gasteiger partial charge in [0.05, 0.1) is 23.4 Å². The Morgan fingerprint density at radius 3 is 2.84 bits per heavy atom. The number of aryl methyl sites for hydroxylation is 1. The highest BCUT2D eigenvalue weighted by molar-refractivity contribution is 5.95. The number of hydrogen-bond acceptors (Lipinski definition) is 7. The third kappa shape index (κ3) is 4.08. The van der Waals surface area contributed by atoms with E-state index in [1.807, 2.05) is 30.5 Å². The van der Waals surface area contributed by atoms with E-state index in [0.717, 1.165) is 28.6 Å². The van der Waals surface area contributed by atoms with Gasteiger partial charge in [-0.05, 0) is 18.6 Å². The molecule has 0 aliphatic heterocycles. The fourth-order valence-electron chi connectivity index (χ4n) is 3.52. The van der Waals surface area contributed by atoms with Crippen molar-refractivity contribution >= 4 is 28.2 Å². The number of para-hydroxylation sites is 1. The van der Waals surface area contributed by atoms with Crippen LogP contribution in [0.5, 0.6) is 5.75 Å². The molecule has 9 nitrogen and oxygen atoms in total. The maximum Gasteiger partial charge on any atom is 0.307 e. The minimum absolute atomic E-state index is 0.0858. The van der Waals surface area contributed by atoms with Crippen molar-refractivity contribution < 1.29 is 19.2 Å². The van der Waals surface area contributed by atoms with Crippen LogP contribution in [0.25, 0.3) is 22.2 Å². The van der Waals surface area contributed by atoms with Gasteiger partial charge in [-0.15, -0.1) is 0 Å². The van der Waals surface area contributed by atoms with E-state index in [-0.39, 0.29) is 24.0 Å². The number of nitrogens with zero attached hydrogens (tertiary/aromatic N) is 4. The summed E-state index contributed by atoms with van der Waals surface area (Å²) in [7, 11) is 1.34. The molecular formula is C22H20FN5O4. The fourth-order valence-corrected chi connectivity index (χ4v) is 3.52. The van der Waals surface area contributed by atoms with Crippen LogP contribution in [-0.2, 0) is 6.54 Å². The van der Waals surface area contributed by atoms with Gasteiger partial charge in [0, 0.05) is 54.1 Å². The molecule has 0 radical (unpaired) electrons. The third-order valence-corrected chi connectivity index (χ3v) is 4.99. The van der Waals surface area contributed by atoms with Gasteiger partial charge in [-0.2, -0.15) is 4.39 Å². The molecule has 10 heteroatoms. The number of fused-ring (bicyclic) bond motifs is 1. The van der Waals surface area contributed by atoms with Gasteiger partial charge in [0.1, 0.15) is 5.75 Å². The summed E-state index contributed by atoms with van der Waals surface area (Å²) in [5, 5.41) is 24.2. The van der Waals surface area contributed by atoms with Crippen LogP contribution in [0, 0.1) is 15.9 Å². The van der Waals surface area contributed by atoms with Gasteiger partial charge in [0.15, 0.2) is 0 Å². The zero-order chi connectivity index (χ0) is 22.7. The van der Waals surface area contributed by atoms with Gasteiger partial charge in [0.2, 0.25) is 11.8 Å². The number of anilines is 2. The van der Waals surface area contributed by atoms with Gasteiger partial charge in [-0.1, -0.05) is 18.2 Å². The zero-order valence-electron chi connectivity index (χ0n) is 17.2. The second-order valence-electron chi connectivity index (χ2n) is 6.98. The minimum atomic E-state index is -0.997. The third-order valence-electron chi connectivity index (χ3n) is 4.99. The number of nitrogens with one attached hydrogen (secondary N) is 1. The summed E-state index contributed by atoms with van der Waals surface area (Å²) < 4.78 is 21.1. The fraction of sp³-hybridized carbons (Fsp3) is 0.182. The van der Waals surface area contributed by atoms with E-state index in [1.165, 1.54) is 7.11 Å². The number of aliphatic hydroxyl groups excluding tert-OH is 1. The molecule has 0 bridgehead atoms.